The highest BCUT2D eigenvalue weighted by Gasteiger charge is 2.13. The van der Waals surface area contributed by atoms with Crippen molar-refractivity contribution in [2.24, 2.45) is 0 Å². The van der Waals surface area contributed by atoms with E-state index in [1.165, 1.54) is 0 Å². The van der Waals surface area contributed by atoms with Crippen LogP contribution in [0.2, 0.25) is 0 Å². The summed E-state index contributed by atoms with van der Waals surface area (Å²) in [5, 5.41) is 11.3. The van der Waals surface area contributed by atoms with Crippen molar-refractivity contribution in [3.05, 3.63) is 0 Å². The molecular weight excluding hydrogens is 144 g/mol. The first-order valence-corrected chi connectivity index (χ1v) is 4.47. The number of thioether (sulfide) groups is 1. The van der Waals surface area contributed by atoms with E-state index < -0.39 is 0 Å². The van der Waals surface area contributed by atoms with Gasteiger partial charge in [-0.25, -0.2) is 0 Å². The Morgan fingerprint density at radius 1 is 1.60 bits per heavy atom. The molecule has 3 heteroatoms. The van der Waals surface area contributed by atoms with Gasteiger partial charge in [0.15, 0.2) is 0 Å². The molecule has 0 spiro atoms. The van der Waals surface area contributed by atoms with Crippen LogP contribution in [0.5, 0.6) is 0 Å². The van der Waals surface area contributed by atoms with Gasteiger partial charge in [0.1, 0.15) is 0 Å². The number of nitrogens with one attached hydrogen (secondary N) is 1. The highest BCUT2D eigenvalue weighted by molar-refractivity contribution is 7.99. The summed E-state index contributed by atoms with van der Waals surface area (Å²) in [7, 11) is 0. The SMILES string of the molecule is CSC(C)(C)CNCC#N. The minimum atomic E-state index is 0.247. The van der Waals surface area contributed by atoms with Gasteiger partial charge in [-0.15, -0.1) is 0 Å². The maximum absolute atomic E-state index is 8.22. The molecule has 0 aromatic heterocycles. The van der Waals surface area contributed by atoms with E-state index in [1.54, 1.807) is 11.8 Å². The molecule has 0 aromatic carbocycles. The van der Waals surface area contributed by atoms with Crippen molar-refractivity contribution in [3.63, 3.8) is 0 Å². The van der Waals surface area contributed by atoms with Crippen molar-refractivity contribution < 1.29 is 0 Å². The van der Waals surface area contributed by atoms with E-state index in [1.807, 2.05) is 6.07 Å². The van der Waals surface area contributed by atoms with E-state index in [0.29, 0.717) is 6.54 Å². The monoisotopic (exact) mass is 158 g/mol. The van der Waals surface area contributed by atoms with Gasteiger partial charge in [0, 0.05) is 11.3 Å². The summed E-state index contributed by atoms with van der Waals surface area (Å²) in [5.74, 6) is 0. The normalized spacial score (nSPS) is 11.0. The Morgan fingerprint density at radius 2 is 2.20 bits per heavy atom. The quantitative estimate of drug-likeness (QED) is 0.494. The summed E-state index contributed by atoms with van der Waals surface area (Å²) >= 11 is 1.81. The van der Waals surface area contributed by atoms with E-state index in [0.717, 1.165) is 6.54 Å². The first-order valence-electron chi connectivity index (χ1n) is 3.25. The Kier molecular flexibility index (Phi) is 4.50. The average Bonchev–Trinajstić information content (AvgIpc) is 1.89. The van der Waals surface area contributed by atoms with Crippen LogP contribution in [0.1, 0.15) is 13.8 Å². The van der Waals surface area contributed by atoms with Gasteiger partial charge in [-0.05, 0) is 20.1 Å². The summed E-state index contributed by atoms with van der Waals surface area (Å²) in [6.07, 6.45) is 2.08. The second kappa shape index (κ2) is 4.59. The lowest BCUT2D eigenvalue weighted by atomic mass is 10.2. The van der Waals surface area contributed by atoms with Crippen molar-refractivity contribution in [1.82, 2.24) is 5.32 Å². The molecule has 0 unspecified atom stereocenters. The molecule has 2 nitrogen and oxygen atoms in total. The van der Waals surface area contributed by atoms with Crippen LogP contribution >= 0.6 is 11.8 Å². The van der Waals surface area contributed by atoms with Crippen molar-refractivity contribution in [3.8, 4) is 6.07 Å². The maximum Gasteiger partial charge on any atom is 0.0841 e. The highest BCUT2D eigenvalue weighted by Crippen LogP contribution is 2.19. The lowest BCUT2D eigenvalue weighted by Gasteiger charge is -2.21. The lowest BCUT2D eigenvalue weighted by Crippen LogP contribution is -2.32. The molecule has 0 saturated carbocycles. The summed E-state index contributed by atoms with van der Waals surface area (Å²) in [6.45, 7) is 5.65. The molecule has 0 aliphatic heterocycles. The Hall–Kier alpha value is -0.200. The molecule has 58 valence electrons. The summed E-state index contributed by atoms with van der Waals surface area (Å²) in [6, 6.07) is 2.04. The van der Waals surface area contributed by atoms with Gasteiger partial charge in [0.05, 0.1) is 12.6 Å². The van der Waals surface area contributed by atoms with Gasteiger partial charge >= 0.3 is 0 Å². The maximum atomic E-state index is 8.22. The van der Waals surface area contributed by atoms with Crippen molar-refractivity contribution >= 4 is 11.8 Å². The molecule has 0 rings (SSSR count). The van der Waals surface area contributed by atoms with Crippen molar-refractivity contribution in [2.75, 3.05) is 19.3 Å². The molecular formula is C7H14N2S. The van der Waals surface area contributed by atoms with Gasteiger partial charge in [0.25, 0.3) is 0 Å². The predicted molar refractivity (Wildman–Crippen MR) is 46.1 cm³/mol. The van der Waals surface area contributed by atoms with E-state index in [2.05, 4.69) is 25.4 Å². The molecule has 0 radical (unpaired) electrons. The summed E-state index contributed by atoms with van der Waals surface area (Å²) in [4.78, 5) is 0. The third-order valence-corrected chi connectivity index (χ3v) is 2.56. The van der Waals surface area contributed by atoms with Crippen LogP contribution in [0.15, 0.2) is 0 Å². The smallest absolute Gasteiger partial charge is 0.0841 e. The molecule has 0 aliphatic rings. The fourth-order valence-electron chi connectivity index (χ4n) is 0.492. The molecule has 0 bridgehead atoms. The Bertz CT molecular complexity index is 126. The first kappa shape index (κ1) is 9.80. The summed E-state index contributed by atoms with van der Waals surface area (Å²) < 4.78 is 0.247. The van der Waals surface area contributed by atoms with E-state index in [-0.39, 0.29) is 4.75 Å². The van der Waals surface area contributed by atoms with E-state index in [4.69, 9.17) is 5.26 Å². The van der Waals surface area contributed by atoms with Crippen LogP contribution in [0, 0.1) is 11.3 Å². The van der Waals surface area contributed by atoms with Crippen molar-refractivity contribution in [1.29, 1.82) is 5.26 Å². The van der Waals surface area contributed by atoms with Crippen LogP contribution in [-0.2, 0) is 0 Å². The van der Waals surface area contributed by atoms with Gasteiger partial charge in [-0.3, -0.25) is 0 Å². The van der Waals surface area contributed by atoms with Gasteiger partial charge in [0.2, 0.25) is 0 Å². The van der Waals surface area contributed by atoms with Crippen molar-refractivity contribution in [2.45, 2.75) is 18.6 Å². The average molecular weight is 158 g/mol. The molecule has 0 atom stereocenters. The second-order valence-electron chi connectivity index (χ2n) is 2.73. The Labute approximate surface area is 67.0 Å². The third-order valence-electron chi connectivity index (χ3n) is 1.31. The lowest BCUT2D eigenvalue weighted by molar-refractivity contribution is 0.624. The topological polar surface area (TPSA) is 35.8 Å². The van der Waals surface area contributed by atoms with Gasteiger partial charge in [-0.2, -0.15) is 17.0 Å². The number of hydrogen-bond donors (Lipinski definition) is 1. The zero-order valence-corrected chi connectivity index (χ0v) is 7.59. The first-order chi connectivity index (χ1) is 4.62. The van der Waals surface area contributed by atoms with Crippen LogP contribution in [0.3, 0.4) is 0 Å². The summed E-state index contributed by atoms with van der Waals surface area (Å²) in [5.41, 5.74) is 0. The molecule has 0 aliphatic carbocycles. The molecule has 0 fully saturated rings. The van der Waals surface area contributed by atoms with Gasteiger partial charge in [-0.1, -0.05) is 0 Å². The van der Waals surface area contributed by atoms with Crippen LogP contribution in [0.25, 0.3) is 0 Å². The molecule has 0 saturated heterocycles. The zero-order valence-electron chi connectivity index (χ0n) is 6.77. The standard InChI is InChI=1S/C7H14N2S/c1-7(2,10-3)6-9-5-4-8/h9H,5-6H2,1-3H3. The Balaban J connectivity index is 3.39. The zero-order chi connectivity index (χ0) is 8.04. The fourth-order valence-corrected chi connectivity index (χ4v) is 0.738. The molecule has 0 amide bonds. The third kappa shape index (κ3) is 4.66. The van der Waals surface area contributed by atoms with Crippen LogP contribution < -0.4 is 5.32 Å². The number of rotatable bonds is 4. The number of nitrogens with zero attached hydrogens (tertiary/aromatic N) is 1. The number of hydrogen-bond acceptors (Lipinski definition) is 3. The van der Waals surface area contributed by atoms with E-state index >= 15 is 0 Å². The molecule has 1 N–H and O–H groups in total. The highest BCUT2D eigenvalue weighted by atomic mass is 32.2. The minimum absolute atomic E-state index is 0.247. The Morgan fingerprint density at radius 3 is 2.60 bits per heavy atom. The fraction of sp³-hybridized carbons (Fsp3) is 0.857. The largest absolute Gasteiger partial charge is 0.303 e. The molecule has 0 heterocycles. The predicted octanol–water partition coefficient (Wildman–Crippen LogP) is 1.24. The second-order valence-corrected chi connectivity index (χ2v) is 4.24. The van der Waals surface area contributed by atoms with Crippen LogP contribution in [-0.4, -0.2) is 24.1 Å². The van der Waals surface area contributed by atoms with E-state index in [9.17, 15) is 0 Å². The molecule has 0 aromatic rings. The number of nitriles is 1. The minimum Gasteiger partial charge on any atom is -0.303 e. The van der Waals surface area contributed by atoms with Gasteiger partial charge < -0.3 is 5.32 Å². The van der Waals surface area contributed by atoms with Crippen LogP contribution in [0.4, 0.5) is 0 Å². The molecule has 10 heavy (non-hydrogen) atoms.